The van der Waals surface area contributed by atoms with Crippen molar-refractivity contribution in [2.24, 2.45) is 5.73 Å². The maximum atomic E-state index is 12.8. The molecule has 0 spiro atoms. The molecule has 0 unspecified atom stereocenters. The van der Waals surface area contributed by atoms with Crippen LogP contribution in [0.3, 0.4) is 0 Å². The summed E-state index contributed by atoms with van der Waals surface area (Å²) in [5.41, 5.74) is 5.92. The molecular formula is C11H12FNO. The average Bonchev–Trinajstić information content (AvgIpc) is 2.83. The molecule has 1 fully saturated rings. The van der Waals surface area contributed by atoms with Crippen molar-refractivity contribution in [3.8, 4) is 0 Å². The van der Waals surface area contributed by atoms with Gasteiger partial charge in [0.25, 0.3) is 0 Å². The lowest BCUT2D eigenvalue weighted by Gasteiger charge is -2.06. The van der Waals surface area contributed by atoms with Crippen LogP contribution in [0.15, 0.2) is 24.3 Å². The Labute approximate surface area is 81.9 Å². The van der Waals surface area contributed by atoms with Gasteiger partial charge in [-0.05, 0) is 25.0 Å². The molecule has 0 saturated heterocycles. The number of halogens is 1. The molecule has 2 nitrogen and oxygen atoms in total. The summed E-state index contributed by atoms with van der Waals surface area (Å²) in [7, 11) is 0. The molecule has 74 valence electrons. The summed E-state index contributed by atoms with van der Waals surface area (Å²) < 4.78 is 12.8. The monoisotopic (exact) mass is 193 g/mol. The number of hydrogen-bond donors (Lipinski definition) is 1. The van der Waals surface area contributed by atoms with Crippen LogP contribution in [0.5, 0.6) is 0 Å². The van der Waals surface area contributed by atoms with Gasteiger partial charge in [0.15, 0.2) is 5.78 Å². The van der Waals surface area contributed by atoms with Gasteiger partial charge in [0.2, 0.25) is 0 Å². The van der Waals surface area contributed by atoms with Crippen molar-refractivity contribution in [3.63, 3.8) is 0 Å². The molecule has 0 amide bonds. The van der Waals surface area contributed by atoms with Gasteiger partial charge in [-0.25, -0.2) is 4.39 Å². The fourth-order valence-electron chi connectivity index (χ4n) is 1.42. The Bertz CT molecular complexity index is 371. The Morgan fingerprint density at radius 2 is 2.21 bits per heavy atom. The van der Waals surface area contributed by atoms with E-state index in [2.05, 4.69) is 0 Å². The highest BCUT2D eigenvalue weighted by Gasteiger charge is 2.40. The molecule has 3 heteroatoms. The second-order valence-corrected chi connectivity index (χ2v) is 3.97. The average molecular weight is 193 g/mol. The molecular weight excluding hydrogens is 181 g/mol. The molecule has 1 aromatic carbocycles. The number of carbonyl (C=O) groups is 1. The largest absolute Gasteiger partial charge is 0.325 e. The fourth-order valence-corrected chi connectivity index (χ4v) is 1.42. The quantitative estimate of drug-likeness (QED) is 0.745. The van der Waals surface area contributed by atoms with Crippen LogP contribution in [0.25, 0.3) is 0 Å². The molecule has 1 aromatic rings. The minimum absolute atomic E-state index is 0.0653. The third-order valence-corrected chi connectivity index (χ3v) is 2.55. The van der Waals surface area contributed by atoms with Crippen LogP contribution in [0.1, 0.15) is 29.6 Å². The summed E-state index contributed by atoms with van der Waals surface area (Å²) in [5, 5.41) is 0. The number of carbonyl (C=O) groups excluding carboxylic acids is 1. The van der Waals surface area contributed by atoms with Gasteiger partial charge in [0.1, 0.15) is 5.82 Å². The molecule has 2 N–H and O–H groups in total. The number of benzene rings is 1. The van der Waals surface area contributed by atoms with Gasteiger partial charge in [0, 0.05) is 17.5 Å². The highest BCUT2D eigenvalue weighted by atomic mass is 19.1. The van der Waals surface area contributed by atoms with Gasteiger partial charge in [-0.15, -0.1) is 0 Å². The van der Waals surface area contributed by atoms with Crippen molar-refractivity contribution in [3.05, 3.63) is 35.6 Å². The van der Waals surface area contributed by atoms with Gasteiger partial charge < -0.3 is 5.73 Å². The van der Waals surface area contributed by atoms with Crippen molar-refractivity contribution in [1.29, 1.82) is 0 Å². The fraction of sp³-hybridized carbons (Fsp3) is 0.364. The SMILES string of the molecule is NC1(CC(=O)c2cccc(F)c2)CC1. The molecule has 14 heavy (non-hydrogen) atoms. The Hall–Kier alpha value is -1.22. The number of Topliss-reactive ketones (excluding diaryl/α,β-unsaturated/α-hetero) is 1. The van der Waals surface area contributed by atoms with Crippen molar-refractivity contribution in [2.45, 2.75) is 24.8 Å². The van der Waals surface area contributed by atoms with Gasteiger partial charge >= 0.3 is 0 Å². The van der Waals surface area contributed by atoms with E-state index in [0.717, 1.165) is 12.8 Å². The van der Waals surface area contributed by atoms with Crippen LogP contribution in [0.4, 0.5) is 4.39 Å². The van der Waals surface area contributed by atoms with Crippen LogP contribution < -0.4 is 5.73 Å². The molecule has 1 saturated carbocycles. The van der Waals surface area contributed by atoms with E-state index >= 15 is 0 Å². The maximum absolute atomic E-state index is 12.8. The zero-order valence-electron chi connectivity index (χ0n) is 7.79. The van der Waals surface area contributed by atoms with E-state index in [0.29, 0.717) is 12.0 Å². The van der Waals surface area contributed by atoms with E-state index in [1.807, 2.05) is 0 Å². The molecule has 0 aliphatic heterocycles. The normalized spacial score (nSPS) is 17.9. The molecule has 0 radical (unpaired) electrons. The lowest BCUT2D eigenvalue weighted by molar-refractivity contribution is 0.0971. The first kappa shape index (κ1) is 9.34. The summed E-state index contributed by atoms with van der Waals surface area (Å²) in [6, 6.07) is 5.75. The second kappa shape index (κ2) is 3.17. The predicted molar refractivity (Wildman–Crippen MR) is 51.5 cm³/mol. The molecule has 0 heterocycles. The van der Waals surface area contributed by atoms with Crippen molar-refractivity contribution in [1.82, 2.24) is 0 Å². The first-order chi connectivity index (χ1) is 6.59. The Balaban J connectivity index is 2.11. The Kier molecular flexibility index (Phi) is 2.11. The number of ketones is 1. The Morgan fingerprint density at radius 3 is 2.79 bits per heavy atom. The molecule has 0 aromatic heterocycles. The summed E-state index contributed by atoms with van der Waals surface area (Å²) in [6.07, 6.45) is 2.12. The first-order valence-electron chi connectivity index (χ1n) is 4.67. The third-order valence-electron chi connectivity index (χ3n) is 2.55. The molecule has 0 bridgehead atoms. The van der Waals surface area contributed by atoms with Crippen molar-refractivity contribution >= 4 is 5.78 Å². The van der Waals surface area contributed by atoms with Crippen LogP contribution in [-0.4, -0.2) is 11.3 Å². The highest BCUT2D eigenvalue weighted by Crippen LogP contribution is 2.36. The standard InChI is InChI=1S/C11H12FNO/c12-9-3-1-2-8(6-9)10(14)7-11(13)4-5-11/h1-3,6H,4-5,7,13H2. The number of hydrogen-bond acceptors (Lipinski definition) is 2. The highest BCUT2D eigenvalue weighted by molar-refractivity contribution is 5.97. The van der Waals surface area contributed by atoms with Crippen LogP contribution in [0, 0.1) is 5.82 Å². The van der Waals surface area contributed by atoms with Crippen LogP contribution >= 0.6 is 0 Å². The zero-order chi connectivity index (χ0) is 10.2. The van der Waals surface area contributed by atoms with E-state index in [1.54, 1.807) is 12.1 Å². The van der Waals surface area contributed by atoms with E-state index in [-0.39, 0.29) is 17.1 Å². The summed E-state index contributed by atoms with van der Waals surface area (Å²) in [5.74, 6) is -0.442. The topological polar surface area (TPSA) is 43.1 Å². The molecule has 1 aliphatic carbocycles. The maximum Gasteiger partial charge on any atom is 0.164 e. The second-order valence-electron chi connectivity index (χ2n) is 3.97. The summed E-state index contributed by atoms with van der Waals surface area (Å²) in [4.78, 5) is 11.6. The molecule has 0 atom stereocenters. The minimum Gasteiger partial charge on any atom is -0.325 e. The number of rotatable bonds is 3. The van der Waals surface area contributed by atoms with Gasteiger partial charge in [-0.1, -0.05) is 12.1 Å². The Morgan fingerprint density at radius 1 is 1.50 bits per heavy atom. The summed E-state index contributed by atoms with van der Waals surface area (Å²) in [6.45, 7) is 0. The third kappa shape index (κ3) is 1.99. The lowest BCUT2D eigenvalue weighted by atomic mass is 10.0. The molecule has 2 rings (SSSR count). The zero-order valence-corrected chi connectivity index (χ0v) is 7.79. The predicted octanol–water partition coefficient (Wildman–Crippen LogP) is 1.89. The lowest BCUT2D eigenvalue weighted by Crippen LogP contribution is -2.25. The van der Waals surface area contributed by atoms with Crippen molar-refractivity contribution < 1.29 is 9.18 Å². The van der Waals surface area contributed by atoms with E-state index < -0.39 is 0 Å². The van der Waals surface area contributed by atoms with Gasteiger partial charge in [-0.2, -0.15) is 0 Å². The van der Waals surface area contributed by atoms with Gasteiger partial charge in [-0.3, -0.25) is 4.79 Å². The smallest absolute Gasteiger partial charge is 0.164 e. The minimum atomic E-state index is -0.377. The van der Waals surface area contributed by atoms with Crippen LogP contribution in [-0.2, 0) is 0 Å². The van der Waals surface area contributed by atoms with Gasteiger partial charge in [0.05, 0.1) is 0 Å². The number of nitrogens with two attached hydrogens (primary N) is 1. The van der Waals surface area contributed by atoms with Crippen LogP contribution in [0.2, 0.25) is 0 Å². The summed E-state index contributed by atoms with van der Waals surface area (Å²) >= 11 is 0. The van der Waals surface area contributed by atoms with E-state index in [1.165, 1.54) is 12.1 Å². The first-order valence-corrected chi connectivity index (χ1v) is 4.67. The molecule has 1 aliphatic rings. The van der Waals surface area contributed by atoms with E-state index in [9.17, 15) is 9.18 Å². The van der Waals surface area contributed by atoms with E-state index in [4.69, 9.17) is 5.73 Å². The van der Waals surface area contributed by atoms with Crippen molar-refractivity contribution in [2.75, 3.05) is 0 Å².